The van der Waals surface area contributed by atoms with E-state index in [1.165, 1.54) is 19.2 Å². The molecule has 1 aromatic heterocycles. The molecule has 164 valence electrons. The highest BCUT2D eigenvalue weighted by Gasteiger charge is 2.22. The topological polar surface area (TPSA) is 87.2 Å². The van der Waals surface area contributed by atoms with Crippen molar-refractivity contribution < 1.29 is 4.74 Å². The lowest BCUT2D eigenvalue weighted by molar-refractivity contribution is 0.296. The molecule has 3 aromatic rings. The van der Waals surface area contributed by atoms with Gasteiger partial charge < -0.3 is 15.4 Å². The molecule has 0 unspecified atom stereocenters. The minimum absolute atomic E-state index is 0. The molecule has 8 heteroatoms. The third kappa shape index (κ3) is 6.95. The molecule has 0 spiro atoms. The first-order chi connectivity index (χ1) is 14.8. The summed E-state index contributed by atoms with van der Waals surface area (Å²) in [5.41, 5.74) is 3.24. The van der Waals surface area contributed by atoms with Crippen LogP contribution >= 0.6 is 24.0 Å². The van der Waals surface area contributed by atoms with Crippen LogP contribution < -0.4 is 15.4 Å². The molecule has 0 atom stereocenters. The Bertz CT molecular complexity index is 972. The summed E-state index contributed by atoms with van der Waals surface area (Å²) < 4.78 is 6.02. The van der Waals surface area contributed by atoms with E-state index in [4.69, 9.17) is 9.73 Å². The number of rotatable bonds is 9. The van der Waals surface area contributed by atoms with Crippen LogP contribution in [-0.2, 0) is 13.1 Å². The van der Waals surface area contributed by atoms with Gasteiger partial charge in [-0.05, 0) is 43.4 Å². The van der Waals surface area contributed by atoms with Crippen LogP contribution in [0, 0.1) is 5.92 Å². The molecule has 0 bridgehead atoms. The second-order valence-electron chi connectivity index (χ2n) is 7.45. The zero-order valence-corrected chi connectivity index (χ0v) is 20.0. The van der Waals surface area contributed by atoms with Crippen LogP contribution in [0.25, 0.3) is 11.4 Å². The van der Waals surface area contributed by atoms with Crippen molar-refractivity contribution in [2.24, 2.45) is 10.9 Å². The summed E-state index contributed by atoms with van der Waals surface area (Å²) in [7, 11) is 0. The van der Waals surface area contributed by atoms with Crippen molar-refractivity contribution in [3.05, 3.63) is 66.0 Å². The Morgan fingerprint density at radius 3 is 2.81 bits per heavy atom. The lowest BCUT2D eigenvalue weighted by Crippen LogP contribution is -2.36. The van der Waals surface area contributed by atoms with E-state index < -0.39 is 0 Å². The summed E-state index contributed by atoms with van der Waals surface area (Å²) in [6, 6.07) is 16.4. The Morgan fingerprint density at radius 2 is 2.03 bits per heavy atom. The van der Waals surface area contributed by atoms with Crippen LogP contribution in [0.1, 0.15) is 30.9 Å². The highest BCUT2D eigenvalue weighted by atomic mass is 127. The maximum Gasteiger partial charge on any atom is 0.191 e. The number of nitrogens with one attached hydrogen (secondary N) is 3. The summed E-state index contributed by atoms with van der Waals surface area (Å²) in [5, 5.41) is 13.6. The molecule has 4 rings (SSSR count). The number of guanidine groups is 1. The first kappa shape index (κ1) is 23.1. The fourth-order valence-electron chi connectivity index (χ4n) is 3.14. The quantitative estimate of drug-likeness (QED) is 0.219. The molecule has 0 radical (unpaired) electrons. The third-order valence-corrected chi connectivity index (χ3v) is 4.97. The fraction of sp³-hybridized carbons (Fsp3) is 0.348. The Kier molecular flexibility index (Phi) is 8.69. The SMILES string of the molecule is CCNC(=NCc1cccc(-c2ncn[nH]2)c1)NCc1ccccc1OCC1CC1.I. The Labute approximate surface area is 200 Å². The third-order valence-electron chi connectivity index (χ3n) is 4.97. The van der Waals surface area contributed by atoms with E-state index in [1.807, 2.05) is 30.3 Å². The van der Waals surface area contributed by atoms with Gasteiger partial charge in [0, 0.05) is 24.2 Å². The smallest absolute Gasteiger partial charge is 0.191 e. The number of aliphatic imine (C=N–C) groups is 1. The molecule has 7 nitrogen and oxygen atoms in total. The molecular weight excluding hydrogens is 503 g/mol. The van der Waals surface area contributed by atoms with E-state index in [-0.39, 0.29) is 24.0 Å². The molecule has 0 saturated heterocycles. The molecule has 3 N–H and O–H groups in total. The van der Waals surface area contributed by atoms with Crippen LogP contribution in [0.3, 0.4) is 0 Å². The monoisotopic (exact) mass is 532 g/mol. The average molecular weight is 532 g/mol. The second kappa shape index (κ2) is 11.7. The number of hydrogen-bond acceptors (Lipinski definition) is 4. The molecule has 1 saturated carbocycles. The standard InChI is InChI=1S/C23H28N6O.HI/c1-2-24-23(25-13-18-6-5-8-19(12-18)22-27-16-28-29-22)26-14-20-7-3-4-9-21(20)30-15-17-10-11-17;/h3-9,12,16-17H,2,10-11,13-15H2,1H3,(H2,24,25,26)(H,27,28,29);1H. The summed E-state index contributed by atoms with van der Waals surface area (Å²) >= 11 is 0. The van der Waals surface area contributed by atoms with Crippen LogP contribution in [0.4, 0.5) is 0 Å². The molecule has 31 heavy (non-hydrogen) atoms. The molecule has 1 heterocycles. The zero-order valence-electron chi connectivity index (χ0n) is 17.7. The van der Waals surface area contributed by atoms with E-state index in [9.17, 15) is 0 Å². The van der Waals surface area contributed by atoms with Gasteiger partial charge in [0.1, 0.15) is 12.1 Å². The highest BCUT2D eigenvalue weighted by Crippen LogP contribution is 2.30. The fourth-order valence-corrected chi connectivity index (χ4v) is 3.14. The van der Waals surface area contributed by atoms with Gasteiger partial charge in [-0.3, -0.25) is 5.10 Å². The van der Waals surface area contributed by atoms with Gasteiger partial charge in [-0.2, -0.15) is 5.10 Å². The Morgan fingerprint density at radius 1 is 1.16 bits per heavy atom. The predicted molar refractivity (Wildman–Crippen MR) is 134 cm³/mol. The van der Waals surface area contributed by atoms with Crippen molar-refractivity contribution in [3.63, 3.8) is 0 Å². The van der Waals surface area contributed by atoms with Gasteiger partial charge in [-0.25, -0.2) is 9.98 Å². The number of nitrogens with zero attached hydrogens (tertiary/aromatic N) is 3. The molecule has 2 aromatic carbocycles. The number of aromatic amines is 1. The number of halogens is 1. The van der Waals surface area contributed by atoms with E-state index >= 15 is 0 Å². The number of ether oxygens (including phenoxy) is 1. The largest absolute Gasteiger partial charge is 0.493 e. The van der Waals surface area contributed by atoms with Crippen molar-refractivity contribution in [1.82, 2.24) is 25.8 Å². The average Bonchev–Trinajstić information content (AvgIpc) is 3.45. The van der Waals surface area contributed by atoms with Gasteiger partial charge in [0.05, 0.1) is 13.2 Å². The Hall–Kier alpha value is -2.62. The first-order valence-corrected chi connectivity index (χ1v) is 10.5. The van der Waals surface area contributed by atoms with Crippen molar-refractivity contribution in [2.45, 2.75) is 32.9 Å². The van der Waals surface area contributed by atoms with Crippen molar-refractivity contribution in [3.8, 4) is 17.1 Å². The summed E-state index contributed by atoms with van der Waals surface area (Å²) in [6.07, 6.45) is 4.09. The number of hydrogen-bond donors (Lipinski definition) is 3. The number of benzene rings is 2. The van der Waals surface area contributed by atoms with Crippen molar-refractivity contribution in [1.29, 1.82) is 0 Å². The van der Waals surface area contributed by atoms with Gasteiger partial charge in [-0.15, -0.1) is 24.0 Å². The molecule has 1 aliphatic rings. The normalized spacial score (nSPS) is 13.4. The minimum Gasteiger partial charge on any atom is -0.493 e. The number of aromatic nitrogens is 3. The van der Waals surface area contributed by atoms with E-state index in [1.54, 1.807) is 0 Å². The first-order valence-electron chi connectivity index (χ1n) is 10.5. The van der Waals surface area contributed by atoms with Gasteiger partial charge in [-0.1, -0.05) is 36.4 Å². The maximum absolute atomic E-state index is 6.02. The summed E-state index contributed by atoms with van der Waals surface area (Å²) in [6.45, 7) is 4.90. The predicted octanol–water partition coefficient (Wildman–Crippen LogP) is 4.13. The zero-order chi connectivity index (χ0) is 20.6. The van der Waals surface area contributed by atoms with E-state index in [2.05, 4.69) is 50.9 Å². The molecule has 0 amide bonds. The van der Waals surface area contributed by atoms with Crippen LogP contribution in [0.2, 0.25) is 0 Å². The van der Waals surface area contributed by atoms with Gasteiger partial charge >= 0.3 is 0 Å². The number of H-pyrrole nitrogens is 1. The molecule has 0 aliphatic heterocycles. The van der Waals surface area contributed by atoms with E-state index in [0.29, 0.717) is 13.1 Å². The van der Waals surface area contributed by atoms with E-state index in [0.717, 1.165) is 53.3 Å². The van der Waals surface area contributed by atoms with Crippen LogP contribution in [-0.4, -0.2) is 34.3 Å². The summed E-state index contributed by atoms with van der Waals surface area (Å²) in [5.74, 6) is 3.22. The lowest BCUT2D eigenvalue weighted by atomic mass is 10.1. The summed E-state index contributed by atoms with van der Waals surface area (Å²) in [4.78, 5) is 8.96. The molecule has 1 fully saturated rings. The Balaban J connectivity index is 0.00000272. The molecule has 1 aliphatic carbocycles. The van der Waals surface area contributed by atoms with Crippen molar-refractivity contribution >= 4 is 29.9 Å². The van der Waals surface area contributed by atoms with Gasteiger partial charge in [0.25, 0.3) is 0 Å². The van der Waals surface area contributed by atoms with Crippen LogP contribution in [0.15, 0.2) is 59.9 Å². The van der Waals surface area contributed by atoms with Gasteiger partial charge in [0.15, 0.2) is 11.8 Å². The molecular formula is C23H29IN6O. The minimum atomic E-state index is 0. The lowest BCUT2D eigenvalue weighted by Gasteiger charge is -2.14. The number of para-hydroxylation sites is 1. The maximum atomic E-state index is 6.02. The van der Waals surface area contributed by atoms with Gasteiger partial charge in [0.2, 0.25) is 0 Å². The van der Waals surface area contributed by atoms with Crippen molar-refractivity contribution in [2.75, 3.05) is 13.2 Å². The van der Waals surface area contributed by atoms with Crippen LogP contribution in [0.5, 0.6) is 5.75 Å². The second-order valence-corrected chi connectivity index (χ2v) is 7.45. The highest BCUT2D eigenvalue weighted by molar-refractivity contribution is 14.0.